The number of nitrogens with one attached hydrogen (secondary N) is 2. The summed E-state index contributed by atoms with van der Waals surface area (Å²) in [6.45, 7) is 3.94. The highest BCUT2D eigenvalue weighted by molar-refractivity contribution is 7.91. The highest BCUT2D eigenvalue weighted by Gasteiger charge is 2.50. The topological polar surface area (TPSA) is 62.0 Å². The number of hydrogen-bond donors (Lipinski definition) is 2. The van der Waals surface area contributed by atoms with Crippen molar-refractivity contribution in [3.05, 3.63) is 35.0 Å². The van der Waals surface area contributed by atoms with Crippen molar-refractivity contribution in [1.82, 2.24) is 9.71 Å². The summed E-state index contributed by atoms with van der Waals surface area (Å²) in [4.78, 5) is 3.49. The van der Waals surface area contributed by atoms with E-state index in [1.54, 1.807) is 0 Å². The average Bonchev–Trinajstić information content (AvgIpc) is 3.12. The Labute approximate surface area is 131 Å². The minimum Gasteiger partial charge on any atom is -0.358 e. The first-order valence-corrected chi connectivity index (χ1v) is 9.48. The van der Waals surface area contributed by atoms with Gasteiger partial charge in [0, 0.05) is 22.6 Å². The molecule has 4 nitrogen and oxygen atoms in total. The monoisotopic (exact) mass is 318 g/mol. The molecule has 2 N–H and O–H groups in total. The number of hydrogen-bond acceptors (Lipinski definition) is 2. The van der Waals surface area contributed by atoms with E-state index in [0.29, 0.717) is 0 Å². The number of aromatic amines is 1. The second kappa shape index (κ2) is 4.59. The summed E-state index contributed by atoms with van der Waals surface area (Å²) in [5.74, 6) is 0. The maximum atomic E-state index is 12.4. The molecule has 1 aromatic heterocycles. The van der Waals surface area contributed by atoms with Crippen molar-refractivity contribution in [2.45, 2.75) is 56.7 Å². The van der Waals surface area contributed by atoms with E-state index in [1.165, 1.54) is 22.2 Å². The second-order valence-corrected chi connectivity index (χ2v) is 9.37. The normalized spacial score (nSPS) is 23.5. The molecule has 0 unspecified atom stereocenters. The van der Waals surface area contributed by atoms with E-state index in [9.17, 15) is 8.42 Å². The van der Waals surface area contributed by atoms with E-state index in [4.69, 9.17) is 0 Å². The highest BCUT2D eigenvalue weighted by atomic mass is 32.2. The summed E-state index contributed by atoms with van der Waals surface area (Å²) in [6.07, 6.45) is 4.13. The van der Waals surface area contributed by atoms with Gasteiger partial charge < -0.3 is 4.98 Å². The van der Waals surface area contributed by atoms with Crippen LogP contribution in [0.25, 0.3) is 10.9 Å². The largest absolute Gasteiger partial charge is 0.358 e. The van der Waals surface area contributed by atoms with Crippen LogP contribution in [0.5, 0.6) is 0 Å². The van der Waals surface area contributed by atoms with Gasteiger partial charge in [-0.05, 0) is 63.6 Å². The van der Waals surface area contributed by atoms with Crippen molar-refractivity contribution in [3.63, 3.8) is 0 Å². The molecule has 0 aliphatic heterocycles. The minimum absolute atomic E-state index is 0.0226. The maximum absolute atomic E-state index is 12.4. The van der Waals surface area contributed by atoms with Crippen LogP contribution >= 0.6 is 0 Å². The van der Waals surface area contributed by atoms with Gasteiger partial charge in [0.2, 0.25) is 10.0 Å². The Balaban J connectivity index is 1.63. The van der Waals surface area contributed by atoms with Crippen molar-refractivity contribution >= 4 is 20.9 Å². The lowest BCUT2D eigenvalue weighted by Gasteiger charge is -2.25. The second-order valence-electron chi connectivity index (χ2n) is 7.14. The predicted molar refractivity (Wildman–Crippen MR) is 88.5 cm³/mol. The van der Waals surface area contributed by atoms with Crippen molar-refractivity contribution in [1.29, 1.82) is 0 Å². The number of aryl methyl sites for hydroxylation is 2. The number of rotatable bonds is 3. The van der Waals surface area contributed by atoms with Crippen LogP contribution < -0.4 is 4.72 Å². The molecule has 1 atom stereocenters. The molecule has 2 aromatic rings. The summed E-state index contributed by atoms with van der Waals surface area (Å²) in [5, 5.41) is 1.25. The zero-order valence-electron chi connectivity index (χ0n) is 13.1. The van der Waals surface area contributed by atoms with Crippen LogP contribution in [-0.4, -0.2) is 24.2 Å². The molecular formula is C17H22N2O2S. The van der Waals surface area contributed by atoms with E-state index in [-0.39, 0.29) is 6.04 Å². The Morgan fingerprint density at radius 1 is 1.32 bits per heavy atom. The van der Waals surface area contributed by atoms with Crippen molar-refractivity contribution in [2.75, 3.05) is 0 Å². The Morgan fingerprint density at radius 3 is 2.82 bits per heavy atom. The Kier molecular flexibility index (Phi) is 2.97. The zero-order valence-corrected chi connectivity index (χ0v) is 13.9. The van der Waals surface area contributed by atoms with Gasteiger partial charge in [-0.15, -0.1) is 0 Å². The molecular weight excluding hydrogens is 296 g/mol. The quantitative estimate of drug-likeness (QED) is 0.914. The standard InChI is InChI=1S/C17H22N2O2S/c1-11-3-5-15-13(9-11)14-10-12(4-6-16(14)18-15)19-22(20,21)17(2)7-8-17/h3,5,9,12,18-19H,4,6-8,10H2,1-2H3/t12-/m0/s1. The minimum atomic E-state index is -3.19. The van der Waals surface area contributed by atoms with Crippen LogP contribution in [0.15, 0.2) is 18.2 Å². The van der Waals surface area contributed by atoms with Crippen LogP contribution in [0.4, 0.5) is 0 Å². The summed E-state index contributed by atoms with van der Waals surface area (Å²) in [6, 6.07) is 6.45. The molecule has 1 heterocycles. The van der Waals surface area contributed by atoms with Crippen LogP contribution in [0.2, 0.25) is 0 Å². The van der Waals surface area contributed by atoms with Gasteiger partial charge >= 0.3 is 0 Å². The maximum Gasteiger partial charge on any atom is 0.217 e. The third-order valence-corrected chi connectivity index (χ3v) is 7.62. The SMILES string of the molecule is Cc1ccc2[nH]c3c(c2c1)C[C@@H](NS(=O)(=O)C1(C)CC1)CC3. The molecule has 0 radical (unpaired) electrons. The molecule has 0 spiro atoms. The number of benzene rings is 1. The number of fused-ring (bicyclic) bond motifs is 3. The van der Waals surface area contributed by atoms with Gasteiger partial charge in [0.1, 0.15) is 0 Å². The lowest BCUT2D eigenvalue weighted by molar-refractivity contribution is 0.499. The van der Waals surface area contributed by atoms with E-state index >= 15 is 0 Å². The van der Waals surface area contributed by atoms with Gasteiger partial charge in [-0.1, -0.05) is 11.6 Å². The molecule has 0 bridgehead atoms. The Hall–Kier alpha value is -1.33. The van der Waals surface area contributed by atoms with Crippen LogP contribution in [0.1, 0.15) is 43.0 Å². The lowest BCUT2D eigenvalue weighted by atomic mass is 9.92. The van der Waals surface area contributed by atoms with Gasteiger partial charge in [-0.25, -0.2) is 13.1 Å². The highest BCUT2D eigenvalue weighted by Crippen LogP contribution is 2.42. The molecule has 118 valence electrons. The summed E-state index contributed by atoms with van der Waals surface area (Å²) < 4.78 is 27.3. The van der Waals surface area contributed by atoms with E-state index in [2.05, 4.69) is 34.8 Å². The third kappa shape index (κ3) is 2.18. The fraction of sp³-hybridized carbons (Fsp3) is 0.529. The number of sulfonamides is 1. The summed E-state index contributed by atoms with van der Waals surface area (Å²) in [7, 11) is -3.19. The van der Waals surface area contributed by atoms with Gasteiger partial charge in [-0.3, -0.25) is 0 Å². The lowest BCUT2D eigenvalue weighted by Crippen LogP contribution is -2.43. The summed E-state index contributed by atoms with van der Waals surface area (Å²) >= 11 is 0. The van der Waals surface area contributed by atoms with Crippen LogP contribution in [0, 0.1) is 6.92 Å². The molecule has 1 aromatic carbocycles. The fourth-order valence-corrected chi connectivity index (χ4v) is 5.00. The molecule has 22 heavy (non-hydrogen) atoms. The molecule has 2 aliphatic carbocycles. The number of aromatic nitrogens is 1. The van der Waals surface area contributed by atoms with Gasteiger partial charge in [0.05, 0.1) is 4.75 Å². The molecule has 0 saturated heterocycles. The first kappa shape index (κ1) is 14.3. The van der Waals surface area contributed by atoms with E-state index in [0.717, 1.165) is 37.6 Å². The molecule has 4 rings (SSSR count). The Morgan fingerprint density at radius 2 is 2.09 bits per heavy atom. The first-order chi connectivity index (χ1) is 10.4. The first-order valence-electron chi connectivity index (χ1n) is 8.00. The van der Waals surface area contributed by atoms with E-state index < -0.39 is 14.8 Å². The van der Waals surface area contributed by atoms with Crippen molar-refractivity contribution < 1.29 is 8.42 Å². The van der Waals surface area contributed by atoms with Gasteiger partial charge in [-0.2, -0.15) is 0 Å². The Bertz CT molecular complexity index is 847. The van der Waals surface area contributed by atoms with E-state index in [1.807, 2.05) is 6.92 Å². The molecule has 2 aliphatic rings. The van der Waals surface area contributed by atoms with Crippen LogP contribution in [-0.2, 0) is 22.9 Å². The predicted octanol–water partition coefficient (Wildman–Crippen LogP) is 2.81. The van der Waals surface area contributed by atoms with Crippen molar-refractivity contribution in [2.24, 2.45) is 0 Å². The van der Waals surface area contributed by atoms with Crippen LogP contribution in [0.3, 0.4) is 0 Å². The summed E-state index contributed by atoms with van der Waals surface area (Å²) in [5.41, 5.74) is 4.96. The molecule has 1 fully saturated rings. The molecule has 0 amide bonds. The van der Waals surface area contributed by atoms with Gasteiger partial charge in [0.25, 0.3) is 0 Å². The zero-order chi connectivity index (χ0) is 15.5. The third-order valence-electron chi connectivity index (χ3n) is 5.27. The average molecular weight is 318 g/mol. The smallest absolute Gasteiger partial charge is 0.217 e. The fourth-order valence-electron chi connectivity index (χ4n) is 3.44. The molecule has 5 heteroatoms. The van der Waals surface area contributed by atoms with Gasteiger partial charge in [0.15, 0.2) is 0 Å². The number of H-pyrrole nitrogens is 1. The van der Waals surface area contributed by atoms with Crippen molar-refractivity contribution in [3.8, 4) is 0 Å². The molecule has 1 saturated carbocycles.